The van der Waals surface area contributed by atoms with Crippen molar-refractivity contribution in [3.05, 3.63) is 35.9 Å². The SMILES string of the molecule is CCCCC(C(N)=O)(C(=O)OCC)c1ccccc1. The van der Waals surface area contributed by atoms with Crippen molar-refractivity contribution >= 4 is 11.9 Å². The van der Waals surface area contributed by atoms with E-state index in [-0.39, 0.29) is 6.61 Å². The number of carbonyl (C=O) groups excluding carboxylic acids is 2. The van der Waals surface area contributed by atoms with Gasteiger partial charge in [0.1, 0.15) is 0 Å². The van der Waals surface area contributed by atoms with Crippen molar-refractivity contribution in [2.24, 2.45) is 5.73 Å². The fourth-order valence-corrected chi connectivity index (χ4v) is 2.15. The summed E-state index contributed by atoms with van der Waals surface area (Å²) in [7, 11) is 0. The van der Waals surface area contributed by atoms with Crippen molar-refractivity contribution in [3.63, 3.8) is 0 Å². The average Bonchev–Trinajstić information content (AvgIpc) is 2.41. The van der Waals surface area contributed by atoms with Crippen molar-refractivity contribution < 1.29 is 14.3 Å². The number of hydrogen-bond donors (Lipinski definition) is 1. The first-order valence-electron chi connectivity index (χ1n) is 6.62. The van der Waals surface area contributed by atoms with Crippen molar-refractivity contribution in [2.45, 2.75) is 38.5 Å². The quantitative estimate of drug-likeness (QED) is 0.605. The molecular weight excluding hydrogens is 242 g/mol. The fraction of sp³-hybridized carbons (Fsp3) is 0.467. The van der Waals surface area contributed by atoms with E-state index < -0.39 is 17.3 Å². The van der Waals surface area contributed by atoms with E-state index in [9.17, 15) is 9.59 Å². The van der Waals surface area contributed by atoms with Crippen LogP contribution in [-0.4, -0.2) is 18.5 Å². The third-order valence-corrected chi connectivity index (χ3v) is 3.22. The molecule has 0 aliphatic rings. The molecule has 2 N–H and O–H groups in total. The lowest BCUT2D eigenvalue weighted by molar-refractivity contribution is -0.154. The van der Waals surface area contributed by atoms with Crippen LogP contribution in [-0.2, 0) is 19.7 Å². The van der Waals surface area contributed by atoms with Gasteiger partial charge in [-0.15, -0.1) is 0 Å². The molecule has 1 aromatic rings. The molecule has 0 aromatic heterocycles. The Labute approximate surface area is 113 Å². The molecule has 0 heterocycles. The number of ether oxygens (including phenoxy) is 1. The van der Waals surface area contributed by atoms with Gasteiger partial charge in [0.2, 0.25) is 5.91 Å². The summed E-state index contributed by atoms with van der Waals surface area (Å²) in [5.41, 5.74) is 4.77. The Bertz CT molecular complexity index is 430. The van der Waals surface area contributed by atoms with Crippen molar-refractivity contribution in [2.75, 3.05) is 6.61 Å². The van der Waals surface area contributed by atoms with Gasteiger partial charge in [-0.25, -0.2) is 0 Å². The minimum absolute atomic E-state index is 0.229. The molecular formula is C15H21NO3. The predicted octanol–water partition coefficient (Wildman–Crippen LogP) is 2.16. The highest BCUT2D eigenvalue weighted by Gasteiger charge is 2.46. The van der Waals surface area contributed by atoms with Gasteiger partial charge in [0.25, 0.3) is 0 Å². The molecule has 0 saturated heterocycles. The highest BCUT2D eigenvalue weighted by Crippen LogP contribution is 2.31. The number of rotatable bonds is 7. The summed E-state index contributed by atoms with van der Waals surface area (Å²) in [4.78, 5) is 24.3. The van der Waals surface area contributed by atoms with Crippen LogP contribution in [0.4, 0.5) is 0 Å². The van der Waals surface area contributed by atoms with E-state index in [0.717, 1.165) is 12.8 Å². The van der Waals surface area contributed by atoms with E-state index in [4.69, 9.17) is 10.5 Å². The molecule has 0 bridgehead atoms. The Balaban J connectivity index is 3.27. The number of amides is 1. The molecule has 4 nitrogen and oxygen atoms in total. The first-order valence-corrected chi connectivity index (χ1v) is 6.62. The highest BCUT2D eigenvalue weighted by molar-refractivity contribution is 6.08. The van der Waals surface area contributed by atoms with Gasteiger partial charge in [-0.3, -0.25) is 9.59 Å². The third-order valence-electron chi connectivity index (χ3n) is 3.22. The number of carbonyl (C=O) groups is 2. The Morgan fingerprint density at radius 2 is 1.84 bits per heavy atom. The largest absolute Gasteiger partial charge is 0.465 e. The van der Waals surface area contributed by atoms with E-state index in [2.05, 4.69) is 0 Å². The first-order chi connectivity index (χ1) is 9.09. The van der Waals surface area contributed by atoms with Crippen LogP contribution in [0.2, 0.25) is 0 Å². The minimum atomic E-state index is -1.37. The molecule has 1 amide bonds. The summed E-state index contributed by atoms with van der Waals surface area (Å²) < 4.78 is 5.08. The summed E-state index contributed by atoms with van der Waals surface area (Å²) in [5, 5.41) is 0. The Kier molecular flexibility index (Phi) is 5.55. The Morgan fingerprint density at radius 1 is 1.21 bits per heavy atom. The molecule has 1 atom stereocenters. The predicted molar refractivity (Wildman–Crippen MR) is 73.5 cm³/mol. The molecule has 1 rings (SSSR count). The van der Waals surface area contributed by atoms with Gasteiger partial charge in [0, 0.05) is 0 Å². The number of unbranched alkanes of at least 4 members (excludes halogenated alkanes) is 1. The van der Waals surface area contributed by atoms with Crippen LogP contribution in [0.1, 0.15) is 38.7 Å². The normalized spacial score (nSPS) is 13.6. The minimum Gasteiger partial charge on any atom is -0.465 e. The molecule has 0 radical (unpaired) electrons. The van der Waals surface area contributed by atoms with Crippen molar-refractivity contribution in [1.29, 1.82) is 0 Å². The summed E-state index contributed by atoms with van der Waals surface area (Å²) in [6, 6.07) is 8.91. The second kappa shape index (κ2) is 6.92. The van der Waals surface area contributed by atoms with Crippen LogP contribution in [0.3, 0.4) is 0 Å². The van der Waals surface area contributed by atoms with Crippen molar-refractivity contribution in [3.8, 4) is 0 Å². The van der Waals surface area contributed by atoms with Gasteiger partial charge >= 0.3 is 5.97 Å². The van der Waals surface area contributed by atoms with Gasteiger partial charge in [0.05, 0.1) is 6.61 Å². The molecule has 0 aliphatic carbocycles. The maximum absolute atomic E-state index is 12.3. The monoisotopic (exact) mass is 263 g/mol. The molecule has 104 valence electrons. The highest BCUT2D eigenvalue weighted by atomic mass is 16.5. The lowest BCUT2D eigenvalue weighted by atomic mass is 9.75. The van der Waals surface area contributed by atoms with E-state index >= 15 is 0 Å². The zero-order valence-electron chi connectivity index (χ0n) is 11.5. The lowest BCUT2D eigenvalue weighted by Crippen LogP contribution is -2.49. The molecule has 19 heavy (non-hydrogen) atoms. The van der Waals surface area contributed by atoms with Crippen LogP contribution in [0.25, 0.3) is 0 Å². The summed E-state index contributed by atoms with van der Waals surface area (Å²) >= 11 is 0. The number of nitrogens with two attached hydrogens (primary N) is 1. The van der Waals surface area contributed by atoms with Gasteiger partial charge in [-0.1, -0.05) is 50.1 Å². The van der Waals surface area contributed by atoms with Gasteiger partial charge in [-0.05, 0) is 18.9 Å². The maximum atomic E-state index is 12.3. The summed E-state index contributed by atoms with van der Waals surface area (Å²) in [6.45, 7) is 3.95. The second-order valence-corrected chi connectivity index (χ2v) is 4.46. The standard InChI is InChI=1S/C15H21NO3/c1-3-5-11-15(13(16)17,14(18)19-4-2)12-9-7-6-8-10-12/h6-10H,3-5,11H2,1-2H3,(H2,16,17). The Morgan fingerprint density at radius 3 is 2.32 bits per heavy atom. The molecule has 0 aliphatic heterocycles. The van der Waals surface area contributed by atoms with Crippen LogP contribution in [0.5, 0.6) is 0 Å². The Hall–Kier alpha value is -1.84. The van der Waals surface area contributed by atoms with Crippen LogP contribution in [0, 0.1) is 0 Å². The molecule has 1 aromatic carbocycles. The third kappa shape index (κ3) is 3.13. The van der Waals surface area contributed by atoms with E-state index in [1.165, 1.54) is 0 Å². The van der Waals surface area contributed by atoms with E-state index in [1.807, 2.05) is 13.0 Å². The van der Waals surface area contributed by atoms with Crippen LogP contribution < -0.4 is 5.73 Å². The molecule has 0 fully saturated rings. The first kappa shape index (κ1) is 15.2. The summed E-state index contributed by atoms with van der Waals surface area (Å²) in [6.07, 6.45) is 1.99. The zero-order chi connectivity index (χ0) is 14.3. The van der Waals surface area contributed by atoms with Gasteiger partial charge in [0.15, 0.2) is 5.41 Å². The number of esters is 1. The maximum Gasteiger partial charge on any atom is 0.326 e. The topological polar surface area (TPSA) is 69.4 Å². The summed E-state index contributed by atoms with van der Waals surface area (Å²) in [5.74, 6) is -1.20. The van der Waals surface area contributed by atoms with Crippen LogP contribution in [0.15, 0.2) is 30.3 Å². The number of hydrogen-bond acceptors (Lipinski definition) is 3. The number of benzene rings is 1. The fourth-order valence-electron chi connectivity index (χ4n) is 2.15. The van der Waals surface area contributed by atoms with E-state index in [1.54, 1.807) is 31.2 Å². The molecule has 0 saturated carbocycles. The lowest BCUT2D eigenvalue weighted by Gasteiger charge is -2.28. The second-order valence-electron chi connectivity index (χ2n) is 4.46. The number of primary amides is 1. The molecule has 1 unspecified atom stereocenters. The van der Waals surface area contributed by atoms with Crippen molar-refractivity contribution in [1.82, 2.24) is 0 Å². The zero-order valence-corrected chi connectivity index (χ0v) is 11.5. The molecule has 4 heteroatoms. The molecule has 0 spiro atoms. The smallest absolute Gasteiger partial charge is 0.326 e. The van der Waals surface area contributed by atoms with Crippen LogP contribution >= 0.6 is 0 Å². The average molecular weight is 263 g/mol. The van der Waals surface area contributed by atoms with Gasteiger partial charge < -0.3 is 10.5 Å². The van der Waals surface area contributed by atoms with Gasteiger partial charge in [-0.2, -0.15) is 0 Å². The van der Waals surface area contributed by atoms with E-state index in [0.29, 0.717) is 12.0 Å².